The van der Waals surface area contributed by atoms with Crippen LogP contribution in [0.25, 0.3) is 11.3 Å². The second-order valence-electron chi connectivity index (χ2n) is 4.29. The normalized spacial score (nSPS) is 10.6. The van der Waals surface area contributed by atoms with Crippen LogP contribution in [-0.4, -0.2) is 9.55 Å². The third-order valence-electron chi connectivity index (χ3n) is 2.75. The molecule has 1 aromatic heterocycles. The molecule has 0 fully saturated rings. The van der Waals surface area contributed by atoms with Gasteiger partial charge in [0, 0.05) is 11.6 Å². The molecule has 0 atom stereocenters. The van der Waals surface area contributed by atoms with E-state index in [-0.39, 0.29) is 11.6 Å². The first-order valence-electron chi connectivity index (χ1n) is 5.57. The van der Waals surface area contributed by atoms with Gasteiger partial charge in [0.1, 0.15) is 23.4 Å². The van der Waals surface area contributed by atoms with Crippen molar-refractivity contribution < 1.29 is 4.39 Å². The number of nitriles is 1. The van der Waals surface area contributed by atoms with Gasteiger partial charge in [-0.25, -0.2) is 9.37 Å². The Hall–Kier alpha value is -2.35. The maximum atomic E-state index is 13.2. The van der Waals surface area contributed by atoms with Crippen LogP contribution in [0, 0.1) is 17.1 Å². The van der Waals surface area contributed by atoms with E-state index >= 15 is 0 Å². The predicted molar refractivity (Wildman–Crippen MR) is 67.1 cm³/mol. The molecular formula is C13H13FN4. The molecule has 0 saturated heterocycles. The summed E-state index contributed by atoms with van der Waals surface area (Å²) >= 11 is 0. The van der Waals surface area contributed by atoms with Gasteiger partial charge in [-0.05, 0) is 32.0 Å². The van der Waals surface area contributed by atoms with Gasteiger partial charge in [0.25, 0.3) is 0 Å². The first-order chi connectivity index (χ1) is 8.54. The number of nitrogens with two attached hydrogens (primary N) is 1. The fourth-order valence-electron chi connectivity index (χ4n) is 1.76. The van der Waals surface area contributed by atoms with E-state index in [4.69, 9.17) is 11.0 Å². The van der Waals surface area contributed by atoms with Crippen LogP contribution in [0.3, 0.4) is 0 Å². The minimum Gasteiger partial charge on any atom is -0.383 e. The van der Waals surface area contributed by atoms with Gasteiger partial charge >= 0.3 is 0 Å². The molecule has 2 N–H and O–H groups in total. The Labute approximate surface area is 104 Å². The van der Waals surface area contributed by atoms with Crippen molar-refractivity contribution in [1.29, 1.82) is 5.26 Å². The van der Waals surface area contributed by atoms with Crippen molar-refractivity contribution in [3.8, 4) is 17.3 Å². The van der Waals surface area contributed by atoms with E-state index in [0.717, 1.165) is 0 Å². The Morgan fingerprint density at radius 1 is 1.44 bits per heavy atom. The molecule has 0 unspecified atom stereocenters. The molecule has 2 rings (SSSR count). The van der Waals surface area contributed by atoms with Gasteiger partial charge in [0.2, 0.25) is 0 Å². The molecule has 0 aliphatic heterocycles. The fraction of sp³-hybridized carbons (Fsp3) is 0.231. The molecule has 5 heteroatoms. The number of hydrogen-bond donors (Lipinski definition) is 1. The number of anilines is 1. The number of hydrogen-bond acceptors (Lipinski definition) is 3. The number of nitrogens with zero attached hydrogens (tertiary/aromatic N) is 3. The summed E-state index contributed by atoms with van der Waals surface area (Å²) in [6, 6.07) is 6.28. The molecule has 1 aromatic carbocycles. The van der Waals surface area contributed by atoms with Crippen molar-refractivity contribution in [2.75, 3.05) is 5.73 Å². The molecular weight excluding hydrogens is 231 g/mol. The smallest absolute Gasteiger partial charge is 0.140 e. The Kier molecular flexibility index (Phi) is 3.02. The highest BCUT2D eigenvalue weighted by molar-refractivity contribution is 5.71. The Bertz CT molecular complexity index is 622. The molecule has 0 aliphatic rings. The monoisotopic (exact) mass is 244 g/mol. The third kappa shape index (κ3) is 1.93. The number of rotatable bonds is 2. The molecule has 1 heterocycles. The zero-order chi connectivity index (χ0) is 13.3. The quantitative estimate of drug-likeness (QED) is 0.883. The summed E-state index contributed by atoms with van der Waals surface area (Å²) < 4.78 is 15.1. The molecule has 18 heavy (non-hydrogen) atoms. The van der Waals surface area contributed by atoms with E-state index in [0.29, 0.717) is 17.1 Å². The maximum Gasteiger partial charge on any atom is 0.140 e. The molecule has 0 saturated carbocycles. The fourth-order valence-corrected chi connectivity index (χ4v) is 1.76. The second-order valence-corrected chi connectivity index (χ2v) is 4.29. The highest BCUT2D eigenvalue weighted by Crippen LogP contribution is 2.27. The van der Waals surface area contributed by atoms with Crippen LogP contribution in [-0.2, 0) is 0 Å². The number of aromatic nitrogens is 2. The van der Waals surface area contributed by atoms with Crippen LogP contribution in [0.4, 0.5) is 10.2 Å². The van der Waals surface area contributed by atoms with Crippen molar-refractivity contribution in [3.63, 3.8) is 0 Å². The lowest BCUT2D eigenvalue weighted by Gasteiger charge is -2.09. The molecule has 4 nitrogen and oxygen atoms in total. The lowest BCUT2D eigenvalue weighted by molar-refractivity contribution is 0.607. The minimum atomic E-state index is -0.539. The summed E-state index contributed by atoms with van der Waals surface area (Å²) in [4.78, 5) is 4.22. The summed E-state index contributed by atoms with van der Waals surface area (Å²) in [5, 5.41) is 8.81. The largest absolute Gasteiger partial charge is 0.383 e. The van der Waals surface area contributed by atoms with E-state index in [9.17, 15) is 4.39 Å². The molecule has 2 aromatic rings. The first-order valence-corrected chi connectivity index (χ1v) is 5.57. The van der Waals surface area contributed by atoms with Gasteiger partial charge in [-0.1, -0.05) is 0 Å². The lowest BCUT2D eigenvalue weighted by Crippen LogP contribution is -2.04. The van der Waals surface area contributed by atoms with E-state index in [2.05, 4.69) is 4.98 Å². The number of halogens is 1. The summed E-state index contributed by atoms with van der Waals surface area (Å²) in [5.41, 5.74) is 7.19. The molecule has 0 bridgehead atoms. The molecule has 0 aliphatic carbocycles. The Balaban J connectivity index is 2.53. The van der Waals surface area contributed by atoms with Gasteiger partial charge in [-0.2, -0.15) is 5.26 Å². The van der Waals surface area contributed by atoms with Gasteiger partial charge in [0.15, 0.2) is 0 Å². The van der Waals surface area contributed by atoms with Crippen molar-refractivity contribution in [3.05, 3.63) is 35.9 Å². The number of nitrogen functional groups attached to an aromatic ring is 1. The highest BCUT2D eigenvalue weighted by atomic mass is 19.1. The first kappa shape index (κ1) is 12.1. The third-order valence-corrected chi connectivity index (χ3v) is 2.75. The van der Waals surface area contributed by atoms with Gasteiger partial charge in [-0.15, -0.1) is 0 Å². The molecule has 0 radical (unpaired) electrons. The number of benzene rings is 1. The van der Waals surface area contributed by atoms with Crippen molar-refractivity contribution in [2.45, 2.75) is 19.9 Å². The molecule has 0 amide bonds. The van der Waals surface area contributed by atoms with Gasteiger partial charge in [-0.3, -0.25) is 0 Å². The van der Waals surface area contributed by atoms with Crippen LogP contribution in [0.15, 0.2) is 24.5 Å². The van der Waals surface area contributed by atoms with Crippen LogP contribution in [0.2, 0.25) is 0 Å². The Morgan fingerprint density at radius 3 is 2.72 bits per heavy atom. The predicted octanol–water partition coefficient (Wildman–Crippen LogP) is 2.72. The van der Waals surface area contributed by atoms with Crippen molar-refractivity contribution in [2.24, 2.45) is 0 Å². The molecule has 92 valence electrons. The van der Waals surface area contributed by atoms with Crippen LogP contribution in [0.1, 0.15) is 25.5 Å². The van der Waals surface area contributed by atoms with Gasteiger partial charge in [0.05, 0.1) is 11.9 Å². The Morgan fingerprint density at radius 2 is 2.17 bits per heavy atom. The topological polar surface area (TPSA) is 67.6 Å². The standard InChI is InChI=1S/C13H13FN4/c1-8(2)18-7-17-12(13(18)16)9-3-4-11(14)10(5-9)6-15/h3-5,7-8H,16H2,1-2H3. The van der Waals surface area contributed by atoms with Crippen LogP contribution in [0.5, 0.6) is 0 Å². The summed E-state index contributed by atoms with van der Waals surface area (Å²) in [5.74, 6) is -0.0244. The zero-order valence-electron chi connectivity index (χ0n) is 10.2. The van der Waals surface area contributed by atoms with E-state index in [1.54, 1.807) is 18.5 Å². The second kappa shape index (κ2) is 4.49. The maximum absolute atomic E-state index is 13.2. The SMILES string of the molecule is CC(C)n1cnc(-c2ccc(F)c(C#N)c2)c1N. The van der Waals surface area contributed by atoms with Crippen molar-refractivity contribution in [1.82, 2.24) is 9.55 Å². The van der Waals surface area contributed by atoms with E-state index in [1.165, 1.54) is 12.1 Å². The summed E-state index contributed by atoms with van der Waals surface area (Å²) in [6.07, 6.45) is 1.64. The molecule has 0 spiro atoms. The van der Waals surface area contributed by atoms with Gasteiger partial charge < -0.3 is 10.3 Å². The number of imidazole rings is 1. The van der Waals surface area contributed by atoms with Crippen LogP contribution < -0.4 is 5.73 Å². The zero-order valence-corrected chi connectivity index (χ0v) is 10.2. The minimum absolute atomic E-state index is 0.00834. The average Bonchev–Trinajstić information content (AvgIpc) is 2.72. The van der Waals surface area contributed by atoms with Crippen molar-refractivity contribution >= 4 is 5.82 Å². The van der Waals surface area contributed by atoms with E-state index in [1.807, 2.05) is 18.4 Å². The lowest BCUT2D eigenvalue weighted by atomic mass is 10.1. The highest BCUT2D eigenvalue weighted by Gasteiger charge is 2.13. The summed E-state index contributed by atoms with van der Waals surface area (Å²) in [6.45, 7) is 3.99. The van der Waals surface area contributed by atoms with Crippen LogP contribution >= 0.6 is 0 Å². The average molecular weight is 244 g/mol. The summed E-state index contributed by atoms with van der Waals surface area (Å²) in [7, 11) is 0. The van der Waals surface area contributed by atoms with E-state index < -0.39 is 5.82 Å².